The smallest absolute Gasteiger partial charge is 0.208 e. The summed E-state index contributed by atoms with van der Waals surface area (Å²) in [5.74, 6) is 1.59. The van der Waals surface area contributed by atoms with Gasteiger partial charge in [0.15, 0.2) is 0 Å². The summed E-state index contributed by atoms with van der Waals surface area (Å²) in [4.78, 5) is 4.21. The van der Waals surface area contributed by atoms with E-state index in [0.717, 1.165) is 29.1 Å². The van der Waals surface area contributed by atoms with Gasteiger partial charge in [0, 0.05) is 18.5 Å². The van der Waals surface area contributed by atoms with Gasteiger partial charge in [-0.15, -0.1) is 0 Å². The Morgan fingerprint density at radius 2 is 2.00 bits per heavy atom. The number of nitrogens with zero attached hydrogens (tertiary/aromatic N) is 3. The van der Waals surface area contributed by atoms with Crippen molar-refractivity contribution in [3.8, 4) is 11.3 Å². The number of aromatic nitrogens is 4. The predicted octanol–water partition coefficient (Wildman–Crippen LogP) is 2.31. The molecule has 3 rings (SSSR count). The van der Waals surface area contributed by atoms with Crippen molar-refractivity contribution >= 4 is 0 Å². The average molecular weight is 283 g/mol. The zero-order valence-corrected chi connectivity index (χ0v) is 11.8. The van der Waals surface area contributed by atoms with Crippen LogP contribution in [0.1, 0.15) is 24.3 Å². The molecular formula is C15H17N5O. The number of nitrogens with one attached hydrogen (secondary N) is 2. The summed E-state index contributed by atoms with van der Waals surface area (Å²) in [5, 5.41) is 14.4. The van der Waals surface area contributed by atoms with Crippen molar-refractivity contribution < 1.29 is 4.42 Å². The van der Waals surface area contributed by atoms with Crippen LogP contribution in [-0.2, 0) is 19.5 Å². The van der Waals surface area contributed by atoms with Gasteiger partial charge in [0.05, 0.1) is 12.7 Å². The van der Waals surface area contributed by atoms with Crippen molar-refractivity contribution in [3.05, 3.63) is 53.9 Å². The summed E-state index contributed by atoms with van der Waals surface area (Å²) in [5.41, 5.74) is 2.79. The van der Waals surface area contributed by atoms with Gasteiger partial charge in [-0.25, -0.2) is 4.98 Å². The largest absolute Gasteiger partial charge is 0.444 e. The van der Waals surface area contributed by atoms with E-state index < -0.39 is 0 Å². The van der Waals surface area contributed by atoms with Crippen molar-refractivity contribution in [3.63, 3.8) is 0 Å². The highest BCUT2D eigenvalue weighted by Crippen LogP contribution is 2.18. The third-order valence-electron chi connectivity index (χ3n) is 3.19. The van der Waals surface area contributed by atoms with E-state index in [-0.39, 0.29) is 0 Å². The van der Waals surface area contributed by atoms with E-state index >= 15 is 0 Å². The minimum absolute atomic E-state index is 0.571. The summed E-state index contributed by atoms with van der Waals surface area (Å²) in [6, 6.07) is 9.99. The van der Waals surface area contributed by atoms with Crippen LogP contribution < -0.4 is 5.32 Å². The Balaban J connectivity index is 1.62. The van der Waals surface area contributed by atoms with Crippen LogP contribution >= 0.6 is 0 Å². The van der Waals surface area contributed by atoms with Gasteiger partial charge in [-0.3, -0.25) is 0 Å². The molecular weight excluding hydrogens is 266 g/mol. The molecule has 2 heterocycles. The van der Waals surface area contributed by atoms with Crippen LogP contribution in [0.5, 0.6) is 0 Å². The second kappa shape index (κ2) is 6.32. The minimum atomic E-state index is 0.571. The normalized spacial score (nSPS) is 10.9. The number of H-pyrrole nitrogens is 1. The van der Waals surface area contributed by atoms with Crippen LogP contribution in [0, 0.1) is 0 Å². The van der Waals surface area contributed by atoms with Gasteiger partial charge in [-0.1, -0.05) is 37.3 Å². The molecule has 3 aromatic rings. The van der Waals surface area contributed by atoms with Gasteiger partial charge in [0.1, 0.15) is 17.1 Å². The molecule has 0 atom stereocenters. The first-order chi connectivity index (χ1) is 10.4. The molecule has 0 spiro atoms. The molecule has 0 fully saturated rings. The second-order valence-electron chi connectivity index (χ2n) is 4.66. The van der Waals surface area contributed by atoms with E-state index in [0.29, 0.717) is 19.0 Å². The Bertz CT molecular complexity index is 689. The second-order valence-corrected chi connectivity index (χ2v) is 4.66. The van der Waals surface area contributed by atoms with Crippen LogP contribution in [0.3, 0.4) is 0 Å². The molecule has 0 aliphatic carbocycles. The van der Waals surface area contributed by atoms with Crippen molar-refractivity contribution in [2.24, 2.45) is 0 Å². The van der Waals surface area contributed by atoms with Gasteiger partial charge >= 0.3 is 0 Å². The average Bonchev–Trinajstić information content (AvgIpc) is 3.17. The Labute approximate surface area is 122 Å². The number of rotatable bonds is 6. The van der Waals surface area contributed by atoms with Crippen LogP contribution in [0.2, 0.25) is 0 Å². The first kappa shape index (κ1) is 13.5. The Morgan fingerprint density at radius 3 is 2.76 bits per heavy atom. The highest BCUT2D eigenvalue weighted by Gasteiger charge is 2.10. The topological polar surface area (TPSA) is 79.6 Å². The van der Waals surface area contributed by atoms with Crippen molar-refractivity contribution in [1.82, 2.24) is 25.7 Å². The molecule has 0 amide bonds. The van der Waals surface area contributed by atoms with E-state index in [1.54, 1.807) is 6.20 Å². The quantitative estimate of drug-likeness (QED) is 0.725. The van der Waals surface area contributed by atoms with E-state index in [2.05, 4.69) is 25.7 Å². The lowest BCUT2D eigenvalue weighted by Crippen LogP contribution is -2.13. The van der Waals surface area contributed by atoms with Crippen molar-refractivity contribution in [2.75, 3.05) is 0 Å². The van der Waals surface area contributed by atoms with E-state index in [1.165, 1.54) is 0 Å². The number of hydrogen-bond donors (Lipinski definition) is 2. The molecule has 0 saturated carbocycles. The lowest BCUT2D eigenvalue weighted by Gasteiger charge is -2.02. The lowest BCUT2D eigenvalue weighted by atomic mass is 10.1. The van der Waals surface area contributed by atoms with Crippen LogP contribution in [0.4, 0.5) is 0 Å². The number of oxazole rings is 1. The molecule has 0 bridgehead atoms. The summed E-state index contributed by atoms with van der Waals surface area (Å²) < 4.78 is 5.55. The SMILES string of the molecule is CCc1cnc(CNCc2n[nH]nc2-c2ccccc2)o1. The van der Waals surface area contributed by atoms with Crippen LogP contribution in [-0.4, -0.2) is 20.4 Å². The molecule has 2 N–H and O–H groups in total. The molecule has 0 radical (unpaired) electrons. The molecule has 2 aromatic heterocycles. The summed E-state index contributed by atoms with van der Waals surface area (Å²) in [6.45, 7) is 3.21. The molecule has 0 unspecified atom stereocenters. The highest BCUT2D eigenvalue weighted by atomic mass is 16.4. The highest BCUT2D eigenvalue weighted by molar-refractivity contribution is 5.60. The third-order valence-corrected chi connectivity index (χ3v) is 3.19. The molecule has 6 heteroatoms. The van der Waals surface area contributed by atoms with Gasteiger partial charge in [-0.2, -0.15) is 15.4 Å². The van der Waals surface area contributed by atoms with Gasteiger partial charge < -0.3 is 9.73 Å². The van der Waals surface area contributed by atoms with Gasteiger partial charge in [-0.05, 0) is 0 Å². The molecule has 0 aliphatic heterocycles. The fourth-order valence-corrected chi connectivity index (χ4v) is 2.08. The number of aryl methyl sites for hydroxylation is 1. The number of aromatic amines is 1. The predicted molar refractivity (Wildman–Crippen MR) is 78.2 cm³/mol. The molecule has 1 aromatic carbocycles. The summed E-state index contributed by atoms with van der Waals surface area (Å²) in [7, 11) is 0. The lowest BCUT2D eigenvalue weighted by molar-refractivity contribution is 0.438. The number of hydrogen-bond acceptors (Lipinski definition) is 5. The minimum Gasteiger partial charge on any atom is -0.444 e. The van der Waals surface area contributed by atoms with Crippen molar-refractivity contribution in [2.45, 2.75) is 26.4 Å². The zero-order valence-electron chi connectivity index (χ0n) is 11.8. The van der Waals surface area contributed by atoms with E-state index in [1.807, 2.05) is 37.3 Å². The van der Waals surface area contributed by atoms with Crippen LogP contribution in [0.25, 0.3) is 11.3 Å². The zero-order chi connectivity index (χ0) is 14.5. The maximum Gasteiger partial charge on any atom is 0.208 e. The summed E-state index contributed by atoms with van der Waals surface area (Å²) in [6.07, 6.45) is 2.62. The standard InChI is InChI=1S/C15H17N5O/c1-2-12-8-17-14(21-12)10-16-9-13-15(19-20-18-13)11-6-4-3-5-7-11/h3-8,16H,2,9-10H2,1H3,(H,18,19,20). The maximum absolute atomic E-state index is 5.55. The fourth-order valence-electron chi connectivity index (χ4n) is 2.08. The maximum atomic E-state index is 5.55. The Kier molecular flexibility index (Phi) is 4.07. The number of benzene rings is 1. The van der Waals surface area contributed by atoms with Crippen LogP contribution in [0.15, 0.2) is 40.9 Å². The molecule has 21 heavy (non-hydrogen) atoms. The fraction of sp³-hybridized carbons (Fsp3) is 0.267. The van der Waals surface area contributed by atoms with Gasteiger partial charge in [0.2, 0.25) is 5.89 Å². The van der Waals surface area contributed by atoms with Crippen molar-refractivity contribution in [1.29, 1.82) is 0 Å². The summed E-state index contributed by atoms with van der Waals surface area (Å²) >= 11 is 0. The van der Waals surface area contributed by atoms with Gasteiger partial charge in [0.25, 0.3) is 0 Å². The Hall–Kier alpha value is -2.47. The van der Waals surface area contributed by atoms with E-state index in [9.17, 15) is 0 Å². The monoisotopic (exact) mass is 283 g/mol. The molecule has 0 aliphatic rings. The first-order valence-corrected chi connectivity index (χ1v) is 6.96. The van der Waals surface area contributed by atoms with E-state index in [4.69, 9.17) is 4.42 Å². The first-order valence-electron chi connectivity index (χ1n) is 6.96. The third kappa shape index (κ3) is 3.17. The Morgan fingerprint density at radius 1 is 1.14 bits per heavy atom. The molecule has 0 saturated heterocycles. The molecule has 108 valence electrons. The molecule has 6 nitrogen and oxygen atoms in total.